The molecule has 1 N–H and O–H groups in total. The van der Waals surface area contributed by atoms with Crippen LogP contribution in [0.4, 0.5) is 5.69 Å². The molecule has 0 radical (unpaired) electrons. The van der Waals surface area contributed by atoms with E-state index in [4.69, 9.17) is 4.74 Å². The molecule has 1 aliphatic heterocycles. The van der Waals surface area contributed by atoms with Crippen LogP contribution in [0.3, 0.4) is 0 Å². The summed E-state index contributed by atoms with van der Waals surface area (Å²) < 4.78 is 32.4. The summed E-state index contributed by atoms with van der Waals surface area (Å²) >= 11 is 0. The largest absolute Gasteiger partial charge is 0.481 e. The summed E-state index contributed by atoms with van der Waals surface area (Å²) in [4.78, 5) is 11.6. The zero-order valence-electron chi connectivity index (χ0n) is 13.8. The minimum absolute atomic E-state index is 0.135. The molecule has 0 fully saturated rings. The van der Waals surface area contributed by atoms with E-state index >= 15 is 0 Å². The Morgan fingerprint density at radius 1 is 1.20 bits per heavy atom. The number of nitrogens with zero attached hydrogens (tertiary/aromatic N) is 1. The highest BCUT2D eigenvalue weighted by molar-refractivity contribution is 7.92. The first kappa shape index (κ1) is 17.4. The summed E-state index contributed by atoms with van der Waals surface area (Å²) in [6.45, 7) is 0.545. The molecule has 0 saturated carbocycles. The van der Waals surface area contributed by atoms with Gasteiger partial charge >= 0.3 is 5.97 Å². The number of aliphatic carboxylic acids is 1. The van der Waals surface area contributed by atoms with Gasteiger partial charge in [-0.25, -0.2) is 8.42 Å². The lowest BCUT2D eigenvalue weighted by Gasteiger charge is -2.33. The number of para-hydroxylation sites is 1. The van der Waals surface area contributed by atoms with Gasteiger partial charge in [-0.3, -0.25) is 9.10 Å². The molecule has 1 heterocycles. The second kappa shape index (κ2) is 6.85. The van der Waals surface area contributed by atoms with E-state index in [2.05, 4.69) is 0 Å². The van der Waals surface area contributed by atoms with Gasteiger partial charge in [0.25, 0.3) is 10.0 Å². The van der Waals surface area contributed by atoms with Crippen LogP contribution in [0, 0.1) is 0 Å². The molecule has 7 heteroatoms. The number of hydrogen-bond acceptors (Lipinski definition) is 4. The fraction of sp³-hybridized carbons (Fsp3) is 0.278. The van der Waals surface area contributed by atoms with Crippen molar-refractivity contribution in [3.8, 4) is 0 Å². The summed E-state index contributed by atoms with van der Waals surface area (Å²) in [5.41, 5.74) is 1.84. The average molecular weight is 361 g/mol. The molecule has 0 saturated heterocycles. The van der Waals surface area contributed by atoms with Crippen LogP contribution in [0.25, 0.3) is 0 Å². The maximum atomic E-state index is 13.0. The summed E-state index contributed by atoms with van der Waals surface area (Å²) in [6.07, 6.45) is 0.243. The molecular weight excluding hydrogens is 342 g/mol. The number of anilines is 1. The Bertz CT molecular complexity index is 877. The first-order valence-electron chi connectivity index (χ1n) is 7.87. The molecule has 3 rings (SSSR count). The van der Waals surface area contributed by atoms with Crippen molar-refractivity contribution in [1.29, 1.82) is 0 Å². The van der Waals surface area contributed by atoms with Gasteiger partial charge in [-0.05, 0) is 35.7 Å². The molecule has 6 nitrogen and oxygen atoms in total. The van der Waals surface area contributed by atoms with Crippen LogP contribution < -0.4 is 4.31 Å². The van der Waals surface area contributed by atoms with Crippen LogP contribution in [-0.4, -0.2) is 33.1 Å². The monoisotopic (exact) mass is 361 g/mol. The third-order valence-electron chi connectivity index (χ3n) is 4.32. The van der Waals surface area contributed by atoms with Crippen LogP contribution in [-0.2, 0) is 26.2 Å². The fourth-order valence-corrected chi connectivity index (χ4v) is 4.59. The number of sulfonamides is 1. The van der Waals surface area contributed by atoms with E-state index in [0.717, 1.165) is 5.56 Å². The molecule has 2 aromatic carbocycles. The third-order valence-corrected chi connectivity index (χ3v) is 6.15. The molecule has 1 unspecified atom stereocenters. The van der Waals surface area contributed by atoms with Gasteiger partial charge in [0.15, 0.2) is 0 Å². The Kier molecular flexibility index (Phi) is 4.78. The molecule has 0 spiro atoms. The lowest BCUT2D eigenvalue weighted by atomic mass is 9.91. The lowest BCUT2D eigenvalue weighted by Crippen LogP contribution is -2.38. The van der Waals surface area contributed by atoms with Crippen molar-refractivity contribution >= 4 is 21.7 Å². The SMILES string of the molecule is COCc1ccc(S(=O)(=O)N2CCC(C(=O)O)c3ccccc32)cc1. The summed E-state index contributed by atoms with van der Waals surface area (Å²) in [7, 11) is -2.18. The van der Waals surface area contributed by atoms with Gasteiger partial charge in [0.05, 0.1) is 23.1 Å². The van der Waals surface area contributed by atoms with Crippen molar-refractivity contribution in [1.82, 2.24) is 0 Å². The predicted octanol–water partition coefficient (Wildman–Crippen LogP) is 2.60. The van der Waals surface area contributed by atoms with E-state index in [0.29, 0.717) is 17.9 Å². The number of carbonyl (C=O) groups is 1. The number of ether oxygens (including phenoxy) is 1. The van der Waals surface area contributed by atoms with E-state index < -0.39 is 21.9 Å². The molecule has 1 aliphatic rings. The molecule has 1 atom stereocenters. The van der Waals surface area contributed by atoms with Crippen molar-refractivity contribution in [2.45, 2.75) is 23.8 Å². The van der Waals surface area contributed by atoms with Crippen molar-refractivity contribution in [3.63, 3.8) is 0 Å². The molecule has 2 aromatic rings. The number of hydrogen-bond donors (Lipinski definition) is 1. The van der Waals surface area contributed by atoms with Gasteiger partial charge in [0.2, 0.25) is 0 Å². The number of rotatable bonds is 5. The van der Waals surface area contributed by atoms with Crippen LogP contribution in [0.1, 0.15) is 23.5 Å². The summed E-state index contributed by atoms with van der Waals surface area (Å²) in [6, 6.07) is 13.3. The van der Waals surface area contributed by atoms with E-state index in [1.807, 2.05) is 0 Å². The molecular formula is C18H19NO5S. The van der Waals surface area contributed by atoms with Crippen LogP contribution in [0.2, 0.25) is 0 Å². The number of methoxy groups -OCH3 is 1. The smallest absolute Gasteiger partial charge is 0.311 e. The standard InChI is InChI=1S/C18H19NO5S/c1-24-12-13-6-8-14(9-7-13)25(22,23)19-11-10-16(18(20)21)15-4-2-3-5-17(15)19/h2-9,16H,10-12H2,1H3,(H,20,21). The maximum Gasteiger partial charge on any atom is 0.311 e. The topological polar surface area (TPSA) is 83.9 Å². The highest BCUT2D eigenvalue weighted by atomic mass is 32.2. The van der Waals surface area contributed by atoms with Crippen LogP contribution >= 0.6 is 0 Å². The second-order valence-corrected chi connectivity index (χ2v) is 7.75. The summed E-state index contributed by atoms with van der Waals surface area (Å²) in [5, 5.41) is 9.39. The van der Waals surface area contributed by atoms with E-state index in [9.17, 15) is 18.3 Å². The van der Waals surface area contributed by atoms with Gasteiger partial charge in [0, 0.05) is 13.7 Å². The molecule has 0 aliphatic carbocycles. The van der Waals surface area contributed by atoms with Crippen molar-refractivity contribution in [2.75, 3.05) is 18.0 Å². The number of carboxylic acids is 1. The number of fused-ring (bicyclic) bond motifs is 1. The van der Waals surface area contributed by atoms with E-state index in [-0.39, 0.29) is 17.9 Å². The molecule has 132 valence electrons. The van der Waals surface area contributed by atoms with Gasteiger partial charge in [-0.1, -0.05) is 30.3 Å². The summed E-state index contributed by atoms with van der Waals surface area (Å²) in [5.74, 6) is -1.62. The van der Waals surface area contributed by atoms with Gasteiger partial charge in [0.1, 0.15) is 0 Å². The Labute approximate surface area is 146 Å². The maximum absolute atomic E-state index is 13.0. The predicted molar refractivity (Wildman–Crippen MR) is 93.1 cm³/mol. The number of benzene rings is 2. The fourth-order valence-electron chi connectivity index (χ4n) is 3.09. The van der Waals surface area contributed by atoms with E-state index in [1.165, 1.54) is 4.31 Å². The number of carboxylic acid groups (broad SMARTS) is 1. The quantitative estimate of drug-likeness (QED) is 0.885. The first-order chi connectivity index (χ1) is 11.9. The Balaban J connectivity index is 2.00. The molecule has 0 amide bonds. The normalized spacial score (nSPS) is 17.2. The van der Waals surface area contributed by atoms with Gasteiger partial charge < -0.3 is 9.84 Å². The van der Waals surface area contributed by atoms with Crippen molar-refractivity contribution < 1.29 is 23.1 Å². The zero-order chi connectivity index (χ0) is 18.0. The Hall–Kier alpha value is -2.38. The first-order valence-corrected chi connectivity index (χ1v) is 9.31. The van der Waals surface area contributed by atoms with Crippen LogP contribution in [0.5, 0.6) is 0 Å². The lowest BCUT2D eigenvalue weighted by molar-refractivity contribution is -0.139. The van der Waals surface area contributed by atoms with Gasteiger partial charge in [-0.2, -0.15) is 0 Å². The van der Waals surface area contributed by atoms with E-state index in [1.54, 1.807) is 55.6 Å². The van der Waals surface area contributed by atoms with Gasteiger partial charge in [-0.15, -0.1) is 0 Å². The second-order valence-electron chi connectivity index (χ2n) is 5.89. The Morgan fingerprint density at radius 2 is 1.88 bits per heavy atom. The molecule has 0 aromatic heterocycles. The molecule has 25 heavy (non-hydrogen) atoms. The van der Waals surface area contributed by atoms with Crippen molar-refractivity contribution in [2.24, 2.45) is 0 Å². The zero-order valence-corrected chi connectivity index (χ0v) is 14.6. The van der Waals surface area contributed by atoms with Crippen LogP contribution in [0.15, 0.2) is 53.4 Å². The highest BCUT2D eigenvalue weighted by Gasteiger charge is 2.35. The minimum Gasteiger partial charge on any atom is -0.481 e. The average Bonchev–Trinajstić information content (AvgIpc) is 2.61. The third kappa shape index (κ3) is 3.25. The van der Waals surface area contributed by atoms with Crippen molar-refractivity contribution in [3.05, 3.63) is 59.7 Å². The highest BCUT2D eigenvalue weighted by Crippen LogP contribution is 2.38. The Morgan fingerprint density at radius 3 is 2.52 bits per heavy atom. The molecule has 0 bridgehead atoms. The minimum atomic E-state index is -3.76.